The Hall–Kier alpha value is -1.92. The van der Waals surface area contributed by atoms with Gasteiger partial charge in [0.1, 0.15) is 0 Å². The number of aromatic nitrogens is 1. The molecule has 1 N–H and O–H groups in total. The predicted molar refractivity (Wildman–Crippen MR) is 82.8 cm³/mol. The van der Waals surface area contributed by atoms with Crippen molar-refractivity contribution in [2.24, 2.45) is 0 Å². The van der Waals surface area contributed by atoms with Gasteiger partial charge in [-0.05, 0) is 5.56 Å². The van der Waals surface area contributed by atoms with Crippen LogP contribution >= 0.6 is 11.3 Å². The lowest BCUT2D eigenvalue weighted by Crippen LogP contribution is -2.43. The zero-order valence-corrected chi connectivity index (χ0v) is 12.4. The molecule has 1 aliphatic heterocycles. The molecule has 0 saturated carbocycles. The molecule has 0 unspecified atom stereocenters. The fourth-order valence-corrected chi connectivity index (χ4v) is 3.02. The number of nitrogens with zero attached hydrogens (tertiary/aromatic N) is 2. The fourth-order valence-electron chi connectivity index (χ4n) is 2.18. The molecule has 1 aliphatic rings. The van der Waals surface area contributed by atoms with E-state index in [1.807, 2.05) is 24.4 Å². The first-order valence-corrected chi connectivity index (χ1v) is 7.75. The highest BCUT2D eigenvalue weighted by atomic mass is 32.1. The van der Waals surface area contributed by atoms with Gasteiger partial charge in [-0.1, -0.05) is 30.3 Å². The Morgan fingerprint density at radius 1 is 1.29 bits per heavy atom. The van der Waals surface area contributed by atoms with Gasteiger partial charge in [-0.25, -0.2) is 9.78 Å². The fraction of sp³-hybridized carbons (Fsp3) is 0.333. The number of hydrogen-bond donors (Lipinski definition) is 1. The Morgan fingerprint density at radius 3 is 2.81 bits per heavy atom. The molecule has 0 radical (unpaired) electrons. The molecule has 110 valence electrons. The standard InChI is InChI=1S/C15H17N3O2S/c19-15(18-6-8-20-9-7-18)17-14-16-11-13(21-14)10-12-4-2-1-3-5-12/h1-5,11H,6-10H2,(H,16,17,19). The number of amides is 2. The lowest BCUT2D eigenvalue weighted by Gasteiger charge is -2.26. The summed E-state index contributed by atoms with van der Waals surface area (Å²) in [4.78, 5) is 19.2. The molecule has 6 heteroatoms. The number of rotatable bonds is 3. The van der Waals surface area contributed by atoms with Crippen LogP contribution in [0.4, 0.5) is 9.93 Å². The van der Waals surface area contributed by atoms with Gasteiger partial charge in [0.25, 0.3) is 0 Å². The zero-order chi connectivity index (χ0) is 14.5. The van der Waals surface area contributed by atoms with Gasteiger partial charge in [0.05, 0.1) is 13.2 Å². The van der Waals surface area contributed by atoms with Gasteiger partial charge in [-0.2, -0.15) is 0 Å². The molecule has 1 aromatic carbocycles. The normalized spacial score (nSPS) is 15.0. The SMILES string of the molecule is O=C(Nc1ncc(Cc2ccccc2)s1)N1CCOCC1. The van der Waals surface area contributed by atoms with Gasteiger partial charge in [0.2, 0.25) is 0 Å². The lowest BCUT2D eigenvalue weighted by atomic mass is 10.1. The summed E-state index contributed by atoms with van der Waals surface area (Å²) in [5.74, 6) is 0. The summed E-state index contributed by atoms with van der Waals surface area (Å²) in [5.41, 5.74) is 1.24. The van der Waals surface area contributed by atoms with E-state index in [0.29, 0.717) is 31.4 Å². The summed E-state index contributed by atoms with van der Waals surface area (Å²) >= 11 is 1.52. The van der Waals surface area contributed by atoms with Crippen molar-refractivity contribution in [3.05, 3.63) is 47.0 Å². The molecule has 1 fully saturated rings. The third-order valence-electron chi connectivity index (χ3n) is 3.29. The van der Waals surface area contributed by atoms with Crippen LogP contribution in [0, 0.1) is 0 Å². The highest BCUT2D eigenvalue weighted by molar-refractivity contribution is 7.15. The topological polar surface area (TPSA) is 54.5 Å². The van der Waals surface area contributed by atoms with Crippen molar-refractivity contribution in [3.8, 4) is 0 Å². The smallest absolute Gasteiger partial charge is 0.323 e. The van der Waals surface area contributed by atoms with Crippen LogP contribution in [0.1, 0.15) is 10.4 Å². The van der Waals surface area contributed by atoms with Crippen molar-refractivity contribution in [2.45, 2.75) is 6.42 Å². The van der Waals surface area contributed by atoms with Gasteiger partial charge in [0.15, 0.2) is 5.13 Å². The van der Waals surface area contributed by atoms with E-state index in [0.717, 1.165) is 11.3 Å². The van der Waals surface area contributed by atoms with Crippen LogP contribution in [0.5, 0.6) is 0 Å². The summed E-state index contributed by atoms with van der Waals surface area (Å²) in [5, 5.41) is 3.51. The van der Waals surface area contributed by atoms with Gasteiger partial charge in [-0.3, -0.25) is 5.32 Å². The number of benzene rings is 1. The number of carbonyl (C=O) groups is 1. The summed E-state index contributed by atoms with van der Waals surface area (Å²) in [7, 11) is 0. The van der Waals surface area contributed by atoms with Crippen molar-refractivity contribution < 1.29 is 9.53 Å². The molecule has 2 amide bonds. The monoisotopic (exact) mass is 303 g/mol. The predicted octanol–water partition coefficient (Wildman–Crippen LogP) is 2.60. The molecule has 2 aromatic rings. The maximum atomic E-state index is 12.1. The molecular weight excluding hydrogens is 286 g/mol. The van der Waals surface area contributed by atoms with Crippen LogP contribution in [0.25, 0.3) is 0 Å². The van der Waals surface area contributed by atoms with E-state index in [9.17, 15) is 4.79 Å². The number of anilines is 1. The summed E-state index contributed by atoms with van der Waals surface area (Å²) in [6.07, 6.45) is 2.67. The Labute approximate surface area is 127 Å². The number of nitrogens with one attached hydrogen (secondary N) is 1. The molecule has 1 aromatic heterocycles. The quantitative estimate of drug-likeness (QED) is 0.948. The summed E-state index contributed by atoms with van der Waals surface area (Å²) in [6.45, 7) is 2.47. The van der Waals surface area contributed by atoms with Gasteiger partial charge >= 0.3 is 6.03 Å². The number of ether oxygens (including phenoxy) is 1. The second-order valence-corrected chi connectivity index (χ2v) is 5.94. The Kier molecular flexibility index (Phi) is 4.47. The van der Waals surface area contributed by atoms with Crippen molar-refractivity contribution in [2.75, 3.05) is 31.6 Å². The Balaban J connectivity index is 1.58. The number of thiazole rings is 1. The molecule has 2 heterocycles. The highest BCUT2D eigenvalue weighted by Crippen LogP contribution is 2.21. The Bertz CT molecular complexity index is 594. The third-order valence-corrected chi connectivity index (χ3v) is 4.20. The largest absolute Gasteiger partial charge is 0.378 e. The molecule has 21 heavy (non-hydrogen) atoms. The summed E-state index contributed by atoms with van der Waals surface area (Å²) < 4.78 is 5.24. The van der Waals surface area contributed by atoms with Crippen LogP contribution in [0.3, 0.4) is 0 Å². The maximum absolute atomic E-state index is 12.1. The van der Waals surface area contributed by atoms with E-state index in [-0.39, 0.29) is 6.03 Å². The van der Waals surface area contributed by atoms with Crippen LogP contribution in [0.2, 0.25) is 0 Å². The second kappa shape index (κ2) is 6.69. The van der Waals surface area contributed by atoms with Crippen LogP contribution in [-0.4, -0.2) is 42.2 Å². The average Bonchev–Trinajstić information content (AvgIpc) is 2.96. The van der Waals surface area contributed by atoms with Gasteiger partial charge in [-0.15, -0.1) is 11.3 Å². The molecule has 3 rings (SSSR count). The third kappa shape index (κ3) is 3.80. The molecule has 0 bridgehead atoms. The first-order valence-electron chi connectivity index (χ1n) is 6.93. The molecule has 5 nitrogen and oxygen atoms in total. The first-order chi connectivity index (χ1) is 10.3. The second-order valence-electron chi connectivity index (χ2n) is 4.82. The molecule has 0 aliphatic carbocycles. The molecule has 0 atom stereocenters. The minimum absolute atomic E-state index is 0.0982. The zero-order valence-electron chi connectivity index (χ0n) is 11.6. The van der Waals surface area contributed by atoms with Crippen LogP contribution in [0.15, 0.2) is 36.5 Å². The van der Waals surface area contributed by atoms with E-state index < -0.39 is 0 Å². The lowest BCUT2D eigenvalue weighted by molar-refractivity contribution is 0.0564. The van der Waals surface area contributed by atoms with E-state index in [1.165, 1.54) is 16.9 Å². The van der Waals surface area contributed by atoms with Gasteiger partial charge < -0.3 is 9.64 Å². The van der Waals surface area contributed by atoms with E-state index in [4.69, 9.17) is 4.74 Å². The van der Waals surface area contributed by atoms with E-state index in [2.05, 4.69) is 22.4 Å². The van der Waals surface area contributed by atoms with Crippen molar-refractivity contribution in [1.29, 1.82) is 0 Å². The average molecular weight is 303 g/mol. The van der Waals surface area contributed by atoms with Crippen molar-refractivity contribution in [3.63, 3.8) is 0 Å². The minimum Gasteiger partial charge on any atom is -0.378 e. The van der Waals surface area contributed by atoms with Crippen LogP contribution in [-0.2, 0) is 11.2 Å². The number of carbonyl (C=O) groups excluding carboxylic acids is 1. The van der Waals surface area contributed by atoms with E-state index in [1.54, 1.807) is 4.90 Å². The Morgan fingerprint density at radius 2 is 2.05 bits per heavy atom. The number of morpholine rings is 1. The molecule has 1 saturated heterocycles. The first kappa shape index (κ1) is 14.0. The number of hydrogen-bond acceptors (Lipinski definition) is 4. The maximum Gasteiger partial charge on any atom is 0.323 e. The number of urea groups is 1. The van der Waals surface area contributed by atoms with E-state index >= 15 is 0 Å². The van der Waals surface area contributed by atoms with Crippen LogP contribution < -0.4 is 5.32 Å². The summed E-state index contributed by atoms with van der Waals surface area (Å²) in [6, 6.07) is 10.1. The van der Waals surface area contributed by atoms with Crippen molar-refractivity contribution >= 4 is 22.5 Å². The molecular formula is C15H17N3O2S. The van der Waals surface area contributed by atoms with Crippen molar-refractivity contribution in [1.82, 2.24) is 9.88 Å². The molecule has 0 spiro atoms. The highest BCUT2D eigenvalue weighted by Gasteiger charge is 2.17. The minimum atomic E-state index is -0.0982. The van der Waals surface area contributed by atoms with Gasteiger partial charge in [0, 0.05) is 30.6 Å².